The van der Waals surface area contributed by atoms with Crippen LogP contribution in [0.4, 0.5) is 0 Å². The highest BCUT2D eigenvalue weighted by atomic mass is 16.1. The first kappa shape index (κ1) is 9.93. The smallest absolute Gasteiger partial charge is 0.231 e. The predicted molar refractivity (Wildman–Crippen MR) is 54.8 cm³/mol. The maximum Gasteiger partial charge on any atom is 0.231 e. The molecule has 2 aliphatic heterocycles. The molecule has 14 heavy (non-hydrogen) atoms. The van der Waals surface area contributed by atoms with Gasteiger partial charge in [-0.3, -0.25) is 14.6 Å². The molecular formula is C10H19N3O. The highest BCUT2D eigenvalue weighted by Crippen LogP contribution is 2.20. The maximum atomic E-state index is 10.8. The lowest BCUT2D eigenvalue weighted by atomic mass is 9.99. The molecule has 1 atom stereocenters. The molecule has 0 aromatic carbocycles. The van der Waals surface area contributed by atoms with Crippen molar-refractivity contribution in [2.75, 3.05) is 32.7 Å². The van der Waals surface area contributed by atoms with Crippen molar-refractivity contribution in [3.05, 3.63) is 0 Å². The second-order valence-electron chi connectivity index (χ2n) is 4.39. The SMILES string of the molecule is NC(=O)CN1CCN2CCCCC2C1. The number of nitrogens with two attached hydrogens (primary N) is 1. The van der Waals surface area contributed by atoms with E-state index in [-0.39, 0.29) is 5.91 Å². The number of carbonyl (C=O) groups is 1. The molecule has 0 saturated carbocycles. The van der Waals surface area contributed by atoms with Crippen LogP contribution in [0.5, 0.6) is 0 Å². The second kappa shape index (κ2) is 4.28. The summed E-state index contributed by atoms with van der Waals surface area (Å²) in [5, 5.41) is 0. The maximum absolute atomic E-state index is 10.8. The van der Waals surface area contributed by atoms with E-state index in [1.807, 2.05) is 0 Å². The molecule has 2 heterocycles. The molecule has 0 spiro atoms. The molecule has 1 amide bonds. The van der Waals surface area contributed by atoms with Crippen LogP contribution in [0.15, 0.2) is 0 Å². The van der Waals surface area contributed by atoms with Gasteiger partial charge in [0, 0.05) is 25.7 Å². The average Bonchev–Trinajstić information content (AvgIpc) is 2.17. The van der Waals surface area contributed by atoms with Crippen LogP contribution in [0.2, 0.25) is 0 Å². The van der Waals surface area contributed by atoms with Crippen molar-refractivity contribution < 1.29 is 4.79 Å². The highest BCUT2D eigenvalue weighted by molar-refractivity contribution is 5.75. The topological polar surface area (TPSA) is 49.6 Å². The second-order valence-corrected chi connectivity index (χ2v) is 4.39. The number of carbonyl (C=O) groups excluding carboxylic acids is 1. The fourth-order valence-corrected chi connectivity index (χ4v) is 2.58. The van der Waals surface area contributed by atoms with Crippen LogP contribution in [0, 0.1) is 0 Å². The predicted octanol–water partition coefficient (Wildman–Crippen LogP) is -0.358. The average molecular weight is 197 g/mol. The van der Waals surface area contributed by atoms with E-state index in [9.17, 15) is 4.79 Å². The highest BCUT2D eigenvalue weighted by Gasteiger charge is 2.28. The van der Waals surface area contributed by atoms with Crippen molar-refractivity contribution in [1.82, 2.24) is 9.80 Å². The van der Waals surface area contributed by atoms with Crippen LogP contribution in [-0.2, 0) is 4.79 Å². The van der Waals surface area contributed by atoms with Gasteiger partial charge in [0.15, 0.2) is 0 Å². The van der Waals surface area contributed by atoms with Crippen LogP contribution in [0.1, 0.15) is 19.3 Å². The number of fused-ring (bicyclic) bond motifs is 1. The molecule has 0 radical (unpaired) electrons. The minimum Gasteiger partial charge on any atom is -0.369 e. The van der Waals surface area contributed by atoms with Crippen molar-refractivity contribution in [3.8, 4) is 0 Å². The lowest BCUT2D eigenvalue weighted by molar-refractivity contribution is -0.120. The number of amides is 1. The Hall–Kier alpha value is -0.610. The fraction of sp³-hybridized carbons (Fsp3) is 0.900. The number of rotatable bonds is 2. The van der Waals surface area contributed by atoms with Gasteiger partial charge in [-0.25, -0.2) is 0 Å². The van der Waals surface area contributed by atoms with Gasteiger partial charge in [0.2, 0.25) is 5.91 Å². The third kappa shape index (κ3) is 2.25. The van der Waals surface area contributed by atoms with Crippen molar-refractivity contribution in [3.63, 3.8) is 0 Å². The van der Waals surface area contributed by atoms with Gasteiger partial charge in [0.1, 0.15) is 0 Å². The zero-order valence-electron chi connectivity index (χ0n) is 8.61. The number of hydrogen-bond acceptors (Lipinski definition) is 3. The van der Waals surface area contributed by atoms with E-state index in [0.29, 0.717) is 12.6 Å². The number of piperazine rings is 1. The Morgan fingerprint density at radius 1 is 1.29 bits per heavy atom. The molecule has 2 rings (SSSR count). The monoisotopic (exact) mass is 197 g/mol. The third-order valence-electron chi connectivity index (χ3n) is 3.30. The van der Waals surface area contributed by atoms with Gasteiger partial charge in [-0.1, -0.05) is 6.42 Å². The van der Waals surface area contributed by atoms with Crippen molar-refractivity contribution in [2.45, 2.75) is 25.3 Å². The van der Waals surface area contributed by atoms with Gasteiger partial charge in [0.05, 0.1) is 6.54 Å². The normalized spacial score (nSPS) is 29.9. The van der Waals surface area contributed by atoms with Gasteiger partial charge in [-0.2, -0.15) is 0 Å². The Kier molecular flexibility index (Phi) is 3.03. The molecule has 2 N–H and O–H groups in total. The molecule has 1 unspecified atom stereocenters. The Labute approximate surface area is 85.0 Å². The van der Waals surface area contributed by atoms with Crippen LogP contribution in [0.3, 0.4) is 0 Å². The molecule has 0 bridgehead atoms. The van der Waals surface area contributed by atoms with Crippen molar-refractivity contribution in [2.24, 2.45) is 5.73 Å². The van der Waals surface area contributed by atoms with E-state index < -0.39 is 0 Å². The molecule has 0 aliphatic carbocycles. The molecule has 2 aliphatic rings. The van der Waals surface area contributed by atoms with E-state index in [4.69, 9.17) is 5.73 Å². The van der Waals surface area contributed by atoms with Crippen molar-refractivity contribution >= 4 is 5.91 Å². The summed E-state index contributed by atoms with van der Waals surface area (Å²) >= 11 is 0. The minimum absolute atomic E-state index is 0.200. The molecule has 4 heteroatoms. The van der Waals surface area contributed by atoms with Crippen LogP contribution >= 0.6 is 0 Å². The molecule has 4 nitrogen and oxygen atoms in total. The summed E-state index contributed by atoms with van der Waals surface area (Å²) in [6, 6.07) is 0.678. The quantitative estimate of drug-likeness (QED) is 0.658. The largest absolute Gasteiger partial charge is 0.369 e. The summed E-state index contributed by atoms with van der Waals surface area (Å²) in [7, 11) is 0. The number of nitrogens with zero attached hydrogens (tertiary/aromatic N) is 2. The summed E-state index contributed by atoms with van der Waals surface area (Å²) in [6.45, 7) is 4.82. The minimum atomic E-state index is -0.200. The lowest BCUT2D eigenvalue weighted by Gasteiger charge is -2.43. The van der Waals surface area contributed by atoms with E-state index in [0.717, 1.165) is 19.6 Å². The molecule has 2 saturated heterocycles. The first-order valence-corrected chi connectivity index (χ1v) is 5.50. The Morgan fingerprint density at radius 2 is 2.14 bits per heavy atom. The summed E-state index contributed by atoms with van der Waals surface area (Å²) in [6.07, 6.45) is 3.97. The molecule has 80 valence electrons. The molecule has 2 fully saturated rings. The Morgan fingerprint density at radius 3 is 2.93 bits per heavy atom. The van der Waals surface area contributed by atoms with Gasteiger partial charge < -0.3 is 5.73 Å². The van der Waals surface area contributed by atoms with E-state index >= 15 is 0 Å². The van der Waals surface area contributed by atoms with E-state index in [1.165, 1.54) is 25.8 Å². The fourth-order valence-electron chi connectivity index (χ4n) is 2.58. The van der Waals surface area contributed by atoms with E-state index in [1.54, 1.807) is 0 Å². The number of piperidine rings is 1. The first-order valence-electron chi connectivity index (χ1n) is 5.50. The summed E-state index contributed by atoms with van der Waals surface area (Å²) < 4.78 is 0. The van der Waals surface area contributed by atoms with Crippen LogP contribution < -0.4 is 5.73 Å². The first-order chi connectivity index (χ1) is 6.75. The zero-order valence-corrected chi connectivity index (χ0v) is 8.61. The molecular weight excluding hydrogens is 178 g/mol. The van der Waals surface area contributed by atoms with Gasteiger partial charge in [-0.15, -0.1) is 0 Å². The van der Waals surface area contributed by atoms with Gasteiger partial charge in [0.25, 0.3) is 0 Å². The lowest BCUT2D eigenvalue weighted by Crippen LogP contribution is -2.56. The van der Waals surface area contributed by atoms with E-state index in [2.05, 4.69) is 9.80 Å². The molecule has 0 aromatic rings. The summed E-state index contributed by atoms with van der Waals surface area (Å²) in [5.74, 6) is -0.200. The number of primary amides is 1. The Bertz CT molecular complexity index is 219. The Balaban J connectivity index is 1.86. The van der Waals surface area contributed by atoms with Gasteiger partial charge in [-0.05, 0) is 19.4 Å². The summed E-state index contributed by atoms with van der Waals surface area (Å²) in [4.78, 5) is 15.5. The number of hydrogen-bond donors (Lipinski definition) is 1. The van der Waals surface area contributed by atoms with Crippen molar-refractivity contribution in [1.29, 1.82) is 0 Å². The summed E-state index contributed by atoms with van der Waals surface area (Å²) in [5.41, 5.74) is 5.20. The molecule has 0 aromatic heterocycles. The zero-order chi connectivity index (χ0) is 9.97. The third-order valence-corrected chi connectivity index (χ3v) is 3.30. The van der Waals surface area contributed by atoms with Gasteiger partial charge >= 0.3 is 0 Å². The van der Waals surface area contributed by atoms with Crippen LogP contribution in [0.25, 0.3) is 0 Å². The standard InChI is InChI=1S/C10H19N3O/c11-10(14)8-12-5-6-13-4-2-1-3-9(13)7-12/h9H,1-8H2,(H2,11,14). The van der Waals surface area contributed by atoms with Crippen LogP contribution in [-0.4, -0.2) is 54.5 Å².